The molecule has 11 heteroatoms. The molecule has 1 aromatic rings. The Hall–Kier alpha value is -2.37. The van der Waals surface area contributed by atoms with Crippen molar-refractivity contribution in [3.63, 3.8) is 0 Å². The van der Waals surface area contributed by atoms with Crippen molar-refractivity contribution in [1.82, 2.24) is 25.1 Å². The van der Waals surface area contributed by atoms with Gasteiger partial charge in [0, 0.05) is 33.9 Å². The summed E-state index contributed by atoms with van der Waals surface area (Å²) >= 11 is 1.62. The average Bonchev–Trinajstić information content (AvgIpc) is 2.79. The number of rotatable bonds is 9. The molecule has 1 aromatic carbocycles. The van der Waals surface area contributed by atoms with Crippen LogP contribution in [0.5, 0.6) is 0 Å². The topological polar surface area (TPSA) is 85.4 Å². The van der Waals surface area contributed by atoms with Gasteiger partial charge in [-0.2, -0.15) is 11.8 Å². The van der Waals surface area contributed by atoms with E-state index < -0.39 is 12.2 Å². The van der Waals surface area contributed by atoms with Crippen LogP contribution in [0.4, 0.5) is 9.18 Å². The van der Waals surface area contributed by atoms with E-state index in [9.17, 15) is 18.8 Å². The van der Waals surface area contributed by atoms with E-state index in [1.807, 2.05) is 6.26 Å². The lowest BCUT2D eigenvalue weighted by molar-refractivity contribution is -0.187. The Kier molecular flexibility index (Phi) is 8.93. The van der Waals surface area contributed by atoms with Crippen LogP contribution in [0, 0.1) is 5.82 Å². The van der Waals surface area contributed by atoms with E-state index in [-0.39, 0.29) is 43.3 Å². The van der Waals surface area contributed by atoms with E-state index in [1.165, 1.54) is 17.1 Å². The first-order valence-corrected chi connectivity index (χ1v) is 12.4. The molecule has 2 fully saturated rings. The fourth-order valence-electron chi connectivity index (χ4n) is 4.27. The molecule has 0 aromatic heterocycles. The predicted molar refractivity (Wildman–Crippen MR) is 124 cm³/mol. The summed E-state index contributed by atoms with van der Waals surface area (Å²) in [6.07, 6.45) is 2.56. The summed E-state index contributed by atoms with van der Waals surface area (Å²) in [5.74, 6) is 0.138. The third kappa shape index (κ3) is 5.96. The number of methoxy groups -OCH3 is 1. The zero-order valence-electron chi connectivity index (χ0n) is 19.3. The number of fused-ring (bicyclic) bond motifs is 1. The van der Waals surface area contributed by atoms with Crippen molar-refractivity contribution < 1.29 is 23.5 Å². The number of benzene rings is 1. The Morgan fingerprint density at radius 1 is 1.27 bits per heavy atom. The Morgan fingerprint density at radius 2 is 2.00 bits per heavy atom. The van der Waals surface area contributed by atoms with Crippen LogP contribution in [0.2, 0.25) is 0 Å². The minimum absolute atomic E-state index is 0.00713. The molecule has 0 bridgehead atoms. The van der Waals surface area contributed by atoms with Gasteiger partial charge in [-0.25, -0.2) is 19.2 Å². The number of piperazine rings is 1. The zero-order chi connectivity index (χ0) is 24.0. The van der Waals surface area contributed by atoms with E-state index in [2.05, 4.69) is 5.32 Å². The van der Waals surface area contributed by atoms with Crippen molar-refractivity contribution in [2.45, 2.75) is 31.6 Å². The molecule has 2 atom stereocenters. The maximum absolute atomic E-state index is 13.2. The smallest absolute Gasteiger partial charge is 0.334 e. The predicted octanol–water partition coefficient (Wildman–Crippen LogP) is 1.35. The monoisotopic (exact) mass is 481 g/mol. The van der Waals surface area contributed by atoms with E-state index in [0.29, 0.717) is 26.0 Å². The number of nitrogens with zero attached hydrogens (tertiary/aromatic N) is 4. The lowest BCUT2D eigenvalue weighted by Gasteiger charge is -2.54. The largest absolute Gasteiger partial charge is 0.385 e. The number of hydrogen-bond acceptors (Lipinski definition) is 6. The normalized spacial score (nSPS) is 21.4. The molecule has 2 saturated heterocycles. The molecule has 1 N–H and O–H groups in total. The van der Waals surface area contributed by atoms with Crippen molar-refractivity contribution in [3.8, 4) is 0 Å². The van der Waals surface area contributed by atoms with Crippen LogP contribution < -0.4 is 5.32 Å². The molecule has 2 heterocycles. The van der Waals surface area contributed by atoms with Crippen LogP contribution in [0.3, 0.4) is 0 Å². The molecule has 2 aliphatic rings. The third-order valence-corrected chi connectivity index (χ3v) is 6.52. The average molecular weight is 482 g/mol. The highest BCUT2D eigenvalue weighted by Gasteiger charge is 2.50. The number of ether oxygens (including phenoxy) is 1. The molecule has 2 aliphatic heterocycles. The summed E-state index contributed by atoms with van der Waals surface area (Å²) in [7, 11) is 3.30. The minimum Gasteiger partial charge on any atom is -0.385 e. The van der Waals surface area contributed by atoms with Gasteiger partial charge in [-0.1, -0.05) is 12.1 Å². The van der Waals surface area contributed by atoms with Gasteiger partial charge in [-0.3, -0.25) is 9.59 Å². The highest BCUT2D eigenvalue weighted by Crippen LogP contribution is 2.28. The van der Waals surface area contributed by atoms with Gasteiger partial charge in [0.2, 0.25) is 11.8 Å². The molecule has 33 heavy (non-hydrogen) atoms. The van der Waals surface area contributed by atoms with Crippen LogP contribution in [0.25, 0.3) is 0 Å². The molecular formula is C22H32FN5O4S. The van der Waals surface area contributed by atoms with Crippen LogP contribution in [-0.2, 0) is 20.9 Å². The lowest BCUT2D eigenvalue weighted by atomic mass is 10.0. The molecule has 0 spiro atoms. The second-order valence-corrected chi connectivity index (χ2v) is 9.14. The first-order chi connectivity index (χ1) is 15.9. The summed E-state index contributed by atoms with van der Waals surface area (Å²) in [6, 6.07) is 4.93. The number of thioether (sulfide) groups is 1. The van der Waals surface area contributed by atoms with E-state index in [1.54, 1.807) is 52.9 Å². The SMILES string of the molecule is COCCCN1CC2N(C(=O)CN(C)N2C(=O)NCc2ccc(F)cc2)[C@@H](CCSC)C1=O. The standard InChI is InChI=1S/C22H32FN5O4S/c1-25-15-20(29)27-18(9-12-33-3)21(30)26(10-4-11-32-2)14-19(27)28(25)22(31)24-13-16-5-7-17(23)8-6-16/h5-8,18-19H,4,9-15H2,1-3H3,(H,24,31)/t18-,19?/m0/s1. The first kappa shape index (κ1) is 25.3. The van der Waals surface area contributed by atoms with Crippen LogP contribution >= 0.6 is 11.8 Å². The number of likely N-dealkylation sites (N-methyl/N-ethyl adjacent to an activating group) is 1. The minimum atomic E-state index is -0.604. The molecule has 1 unspecified atom stereocenters. The van der Waals surface area contributed by atoms with Crippen molar-refractivity contribution in [2.24, 2.45) is 0 Å². The summed E-state index contributed by atoms with van der Waals surface area (Å²) < 4.78 is 18.3. The summed E-state index contributed by atoms with van der Waals surface area (Å²) in [6.45, 7) is 1.48. The fraction of sp³-hybridized carbons (Fsp3) is 0.591. The van der Waals surface area contributed by atoms with Gasteiger partial charge < -0.3 is 19.9 Å². The molecule has 0 aliphatic carbocycles. The summed E-state index contributed by atoms with van der Waals surface area (Å²) in [5.41, 5.74) is 0.759. The number of nitrogens with one attached hydrogen (secondary N) is 1. The summed E-state index contributed by atoms with van der Waals surface area (Å²) in [4.78, 5) is 42.8. The van der Waals surface area contributed by atoms with Gasteiger partial charge in [0.1, 0.15) is 18.0 Å². The molecule has 0 saturated carbocycles. The number of carbonyl (C=O) groups excluding carboxylic acids is 3. The second-order valence-electron chi connectivity index (χ2n) is 8.16. The molecule has 0 radical (unpaired) electrons. The number of urea groups is 1. The van der Waals surface area contributed by atoms with Crippen molar-refractivity contribution in [2.75, 3.05) is 52.4 Å². The Bertz CT molecular complexity index is 843. The first-order valence-electron chi connectivity index (χ1n) is 11.0. The maximum Gasteiger partial charge on any atom is 0.334 e. The highest BCUT2D eigenvalue weighted by atomic mass is 32.2. The molecule has 9 nitrogen and oxygen atoms in total. The van der Waals surface area contributed by atoms with Crippen molar-refractivity contribution in [3.05, 3.63) is 35.6 Å². The molecule has 4 amide bonds. The number of hydrazine groups is 1. The quantitative estimate of drug-likeness (QED) is 0.536. The fourth-order valence-corrected chi connectivity index (χ4v) is 4.73. The van der Waals surface area contributed by atoms with Crippen molar-refractivity contribution >= 4 is 29.6 Å². The van der Waals surface area contributed by atoms with Gasteiger partial charge in [0.15, 0.2) is 0 Å². The molecule has 182 valence electrons. The second kappa shape index (κ2) is 11.7. The Balaban J connectivity index is 1.80. The Labute approximate surface area is 198 Å². The van der Waals surface area contributed by atoms with Crippen molar-refractivity contribution in [1.29, 1.82) is 0 Å². The van der Waals surface area contributed by atoms with E-state index in [0.717, 1.165) is 11.3 Å². The van der Waals surface area contributed by atoms with Crippen LogP contribution in [0.15, 0.2) is 24.3 Å². The summed E-state index contributed by atoms with van der Waals surface area (Å²) in [5, 5.41) is 5.98. The number of hydrogen-bond donors (Lipinski definition) is 1. The lowest BCUT2D eigenvalue weighted by Crippen LogP contribution is -2.76. The van der Waals surface area contributed by atoms with Gasteiger partial charge in [0.25, 0.3) is 0 Å². The molecule has 3 rings (SSSR count). The van der Waals surface area contributed by atoms with Gasteiger partial charge in [-0.15, -0.1) is 0 Å². The maximum atomic E-state index is 13.2. The number of amides is 4. The van der Waals surface area contributed by atoms with Gasteiger partial charge in [-0.05, 0) is 42.5 Å². The van der Waals surface area contributed by atoms with Gasteiger partial charge in [0.05, 0.1) is 13.1 Å². The number of carbonyl (C=O) groups is 3. The highest BCUT2D eigenvalue weighted by molar-refractivity contribution is 7.98. The Morgan fingerprint density at radius 3 is 2.67 bits per heavy atom. The van der Waals surface area contributed by atoms with Gasteiger partial charge >= 0.3 is 6.03 Å². The van der Waals surface area contributed by atoms with Crippen LogP contribution in [-0.4, -0.2) is 102 Å². The molecular weight excluding hydrogens is 449 g/mol. The van der Waals surface area contributed by atoms with E-state index >= 15 is 0 Å². The third-order valence-electron chi connectivity index (χ3n) is 5.88. The number of halogens is 1. The zero-order valence-corrected chi connectivity index (χ0v) is 20.1. The van der Waals surface area contributed by atoms with E-state index in [4.69, 9.17) is 4.74 Å². The van der Waals surface area contributed by atoms with Crippen LogP contribution in [0.1, 0.15) is 18.4 Å².